The van der Waals surface area contributed by atoms with Crippen LogP contribution in [0.4, 0.5) is 0 Å². The lowest BCUT2D eigenvalue weighted by Crippen LogP contribution is -2.47. The summed E-state index contributed by atoms with van der Waals surface area (Å²) in [7, 11) is 0. The number of nitrogens with two attached hydrogens (primary N) is 1. The summed E-state index contributed by atoms with van der Waals surface area (Å²) in [5.41, 5.74) is 5.58. The van der Waals surface area contributed by atoms with Crippen molar-refractivity contribution < 1.29 is 38.2 Å². The number of rotatable bonds is 12. The molecule has 1 aromatic carbocycles. The molecule has 11 heteroatoms. The monoisotopic (exact) mass is 475 g/mol. The van der Waals surface area contributed by atoms with E-state index in [0.717, 1.165) is 0 Å². The Kier molecular flexibility index (Phi) is 9.25. The van der Waals surface area contributed by atoms with Crippen molar-refractivity contribution >= 4 is 29.3 Å². The van der Waals surface area contributed by atoms with Crippen LogP contribution >= 0.6 is 0 Å². The standard InChI is InChI=1S/C23H29N3O8/c24-6-8-32-10-11-33-9-7-25-20(29)13-34-18-3-1-2-15-21(18)17(27)12-16(22(15)30)14-4-5-19(28)26-23(14)31/h1-3,14,16H,4-13,24H2,(H,25,29)(H,26,28,31). The van der Waals surface area contributed by atoms with Gasteiger partial charge in [-0.25, -0.2) is 0 Å². The summed E-state index contributed by atoms with van der Waals surface area (Å²) in [5, 5.41) is 4.88. The Labute approximate surface area is 196 Å². The van der Waals surface area contributed by atoms with Crippen LogP contribution in [0.1, 0.15) is 40.0 Å². The van der Waals surface area contributed by atoms with Gasteiger partial charge >= 0.3 is 0 Å². The molecule has 1 fully saturated rings. The van der Waals surface area contributed by atoms with E-state index in [-0.39, 0.29) is 66.8 Å². The molecule has 0 bridgehead atoms. The highest BCUT2D eigenvalue weighted by Gasteiger charge is 2.43. The quantitative estimate of drug-likeness (QED) is 0.270. The molecular weight excluding hydrogens is 446 g/mol. The second kappa shape index (κ2) is 12.4. The lowest BCUT2D eigenvalue weighted by atomic mass is 9.72. The van der Waals surface area contributed by atoms with Crippen molar-refractivity contribution in [1.29, 1.82) is 0 Å². The van der Waals surface area contributed by atoms with Crippen LogP contribution in [0.3, 0.4) is 0 Å². The van der Waals surface area contributed by atoms with Gasteiger partial charge in [-0.1, -0.05) is 12.1 Å². The number of ketones is 2. The van der Waals surface area contributed by atoms with Gasteiger partial charge in [0, 0.05) is 43.3 Å². The van der Waals surface area contributed by atoms with E-state index in [2.05, 4.69) is 10.6 Å². The predicted molar refractivity (Wildman–Crippen MR) is 118 cm³/mol. The Balaban J connectivity index is 1.52. The molecular formula is C23H29N3O8. The SMILES string of the molecule is NCCOCCOCCNC(=O)COc1cccc2c1C(=O)CC(C1CCC(=O)NC1=O)C2=O. The number of nitrogens with one attached hydrogen (secondary N) is 2. The van der Waals surface area contributed by atoms with Gasteiger partial charge in [0.1, 0.15) is 5.75 Å². The Morgan fingerprint density at radius 2 is 1.82 bits per heavy atom. The smallest absolute Gasteiger partial charge is 0.258 e. The highest BCUT2D eigenvalue weighted by Crippen LogP contribution is 2.37. The first-order chi connectivity index (χ1) is 16.4. The highest BCUT2D eigenvalue weighted by molar-refractivity contribution is 6.17. The number of imide groups is 1. The van der Waals surface area contributed by atoms with Crippen LogP contribution in [-0.2, 0) is 23.9 Å². The van der Waals surface area contributed by atoms with E-state index in [1.165, 1.54) is 12.1 Å². The molecule has 0 radical (unpaired) electrons. The van der Waals surface area contributed by atoms with Crippen molar-refractivity contribution in [2.75, 3.05) is 46.1 Å². The lowest BCUT2D eigenvalue weighted by molar-refractivity contribution is -0.137. The van der Waals surface area contributed by atoms with Crippen LogP contribution in [0.25, 0.3) is 0 Å². The van der Waals surface area contributed by atoms with Gasteiger partial charge in [-0.2, -0.15) is 0 Å². The van der Waals surface area contributed by atoms with E-state index < -0.39 is 23.7 Å². The summed E-state index contributed by atoms with van der Waals surface area (Å²) in [6.45, 7) is 1.95. The van der Waals surface area contributed by atoms with Crippen LogP contribution in [0.15, 0.2) is 18.2 Å². The minimum Gasteiger partial charge on any atom is -0.483 e. The van der Waals surface area contributed by atoms with Crippen molar-refractivity contribution in [3.63, 3.8) is 0 Å². The third-order valence-electron chi connectivity index (χ3n) is 5.64. The number of carbonyl (C=O) groups excluding carboxylic acids is 5. The van der Waals surface area contributed by atoms with Gasteiger partial charge in [0.25, 0.3) is 5.91 Å². The molecule has 4 N–H and O–H groups in total. The predicted octanol–water partition coefficient (Wildman–Crippen LogP) is -0.388. The van der Waals surface area contributed by atoms with Gasteiger partial charge in [0.05, 0.1) is 32.0 Å². The van der Waals surface area contributed by atoms with Crippen molar-refractivity contribution in [1.82, 2.24) is 10.6 Å². The van der Waals surface area contributed by atoms with Gasteiger partial charge in [-0.3, -0.25) is 29.3 Å². The Hall–Kier alpha value is -3.15. The number of Topliss-reactive ketones (excluding diaryl/α,β-unsaturated/α-hetero) is 2. The first-order valence-electron chi connectivity index (χ1n) is 11.2. The van der Waals surface area contributed by atoms with Crippen molar-refractivity contribution in [2.24, 2.45) is 17.6 Å². The van der Waals surface area contributed by atoms with Gasteiger partial charge in [-0.15, -0.1) is 0 Å². The second-order valence-electron chi connectivity index (χ2n) is 7.99. The zero-order chi connectivity index (χ0) is 24.5. The molecule has 0 saturated carbocycles. The molecule has 3 rings (SSSR count). The van der Waals surface area contributed by atoms with E-state index >= 15 is 0 Å². The largest absolute Gasteiger partial charge is 0.483 e. The lowest BCUT2D eigenvalue weighted by Gasteiger charge is -2.31. The van der Waals surface area contributed by atoms with Crippen LogP contribution in [-0.4, -0.2) is 75.4 Å². The molecule has 0 spiro atoms. The van der Waals surface area contributed by atoms with Crippen LogP contribution in [0, 0.1) is 11.8 Å². The number of ether oxygens (including phenoxy) is 3. The number of amides is 3. The van der Waals surface area contributed by atoms with Crippen LogP contribution < -0.4 is 21.1 Å². The first-order valence-corrected chi connectivity index (χ1v) is 11.2. The third-order valence-corrected chi connectivity index (χ3v) is 5.64. The molecule has 1 saturated heterocycles. The number of carbonyl (C=O) groups is 5. The fraction of sp³-hybridized carbons (Fsp3) is 0.522. The summed E-state index contributed by atoms with van der Waals surface area (Å²) in [5.74, 6) is -3.41. The molecule has 3 amide bonds. The molecule has 11 nitrogen and oxygen atoms in total. The zero-order valence-electron chi connectivity index (χ0n) is 18.8. The molecule has 2 aliphatic rings. The van der Waals surface area contributed by atoms with Crippen LogP contribution in [0.5, 0.6) is 5.75 Å². The minimum absolute atomic E-state index is 0.115. The molecule has 0 aromatic heterocycles. The van der Waals surface area contributed by atoms with Crippen molar-refractivity contribution in [2.45, 2.75) is 19.3 Å². The van der Waals surface area contributed by atoms with Crippen LogP contribution in [0.2, 0.25) is 0 Å². The molecule has 34 heavy (non-hydrogen) atoms. The fourth-order valence-corrected chi connectivity index (χ4v) is 4.02. The molecule has 1 aliphatic carbocycles. The third kappa shape index (κ3) is 6.46. The van der Waals surface area contributed by atoms with Gasteiger partial charge in [0.2, 0.25) is 11.8 Å². The number of fused-ring (bicyclic) bond motifs is 1. The Bertz CT molecular complexity index is 948. The summed E-state index contributed by atoms with van der Waals surface area (Å²) in [6, 6.07) is 4.59. The van der Waals surface area contributed by atoms with Crippen molar-refractivity contribution in [3.8, 4) is 5.75 Å². The normalized spacial score (nSPS) is 20.0. The molecule has 2 atom stereocenters. The minimum atomic E-state index is -0.827. The highest BCUT2D eigenvalue weighted by atomic mass is 16.5. The van der Waals surface area contributed by atoms with Crippen molar-refractivity contribution in [3.05, 3.63) is 29.3 Å². The number of hydrogen-bond donors (Lipinski definition) is 3. The summed E-state index contributed by atoms with van der Waals surface area (Å²) < 4.78 is 16.0. The van der Waals surface area contributed by atoms with Gasteiger partial charge < -0.3 is 25.3 Å². The van der Waals surface area contributed by atoms with E-state index in [0.29, 0.717) is 33.0 Å². The number of benzene rings is 1. The topological polar surface area (TPSA) is 163 Å². The summed E-state index contributed by atoms with van der Waals surface area (Å²) in [6.07, 6.45) is 0.202. The summed E-state index contributed by atoms with van der Waals surface area (Å²) >= 11 is 0. The molecule has 2 unspecified atom stereocenters. The maximum absolute atomic E-state index is 13.1. The second-order valence-corrected chi connectivity index (χ2v) is 7.99. The van der Waals surface area contributed by atoms with E-state index in [1.54, 1.807) is 6.07 Å². The number of hydrogen-bond acceptors (Lipinski definition) is 9. The summed E-state index contributed by atoms with van der Waals surface area (Å²) in [4.78, 5) is 61.7. The first kappa shape index (κ1) is 25.5. The Morgan fingerprint density at radius 3 is 2.56 bits per heavy atom. The zero-order valence-corrected chi connectivity index (χ0v) is 18.8. The maximum atomic E-state index is 13.1. The van der Waals surface area contributed by atoms with E-state index in [1.807, 2.05) is 0 Å². The van der Waals surface area contributed by atoms with E-state index in [9.17, 15) is 24.0 Å². The number of piperidine rings is 1. The molecule has 1 aliphatic heterocycles. The average Bonchev–Trinajstić information content (AvgIpc) is 2.82. The maximum Gasteiger partial charge on any atom is 0.258 e. The molecule has 1 aromatic rings. The average molecular weight is 475 g/mol. The molecule has 184 valence electrons. The van der Waals surface area contributed by atoms with Gasteiger partial charge in [0.15, 0.2) is 18.2 Å². The van der Waals surface area contributed by atoms with Gasteiger partial charge in [-0.05, 0) is 12.5 Å². The molecule has 1 heterocycles. The fourth-order valence-electron chi connectivity index (χ4n) is 4.02. The Morgan fingerprint density at radius 1 is 1.06 bits per heavy atom. The van der Waals surface area contributed by atoms with E-state index in [4.69, 9.17) is 19.9 Å².